The molecule has 132 valence electrons. The molecular weight excluding hydrogens is 341 g/mol. The lowest BCUT2D eigenvalue weighted by Crippen LogP contribution is -2.41. The standard InChI is InChI=1S/C19H21BClFO3/c1-18(2)19(3,4)25-20(24-18)15-11-14(22)9-10-17(15)23-12-13-7-5-6-8-16(13)21/h5-11H,12H2,1-4H3. The molecule has 0 spiro atoms. The van der Waals surface area contributed by atoms with Gasteiger partial charge in [-0.3, -0.25) is 0 Å². The van der Waals surface area contributed by atoms with E-state index < -0.39 is 18.3 Å². The van der Waals surface area contributed by atoms with Crippen LogP contribution in [0.2, 0.25) is 5.02 Å². The van der Waals surface area contributed by atoms with Crippen molar-refractivity contribution in [2.45, 2.75) is 45.5 Å². The molecule has 0 unspecified atom stereocenters. The molecule has 0 aromatic heterocycles. The average molecular weight is 363 g/mol. The summed E-state index contributed by atoms with van der Waals surface area (Å²) in [6.45, 7) is 8.10. The zero-order valence-corrected chi connectivity index (χ0v) is 15.6. The molecule has 6 heteroatoms. The monoisotopic (exact) mass is 362 g/mol. The summed E-state index contributed by atoms with van der Waals surface area (Å²) in [5, 5.41) is 0.627. The van der Waals surface area contributed by atoms with E-state index in [9.17, 15) is 4.39 Å². The molecule has 3 nitrogen and oxygen atoms in total. The Hall–Kier alpha value is -1.56. The van der Waals surface area contributed by atoms with Gasteiger partial charge in [0.15, 0.2) is 0 Å². The first kappa shape index (κ1) is 18.2. The molecule has 1 aliphatic rings. The highest BCUT2D eigenvalue weighted by Crippen LogP contribution is 2.37. The minimum absolute atomic E-state index is 0.276. The molecule has 3 rings (SSSR count). The Balaban J connectivity index is 1.86. The molecule has 0 amide bonds. The van der Waals surface area contributed by atoms with Crippen LogP contribution in [0.5, 0.6) is 5.75 Å². The maximum atomic E-state index is 13.8. The number of hydrogen-bond acceptors (Lipinski definition) is 3. The summed E-state index contributed by atoms with van der Waals surface area (Å²) in [5.74, 6) is 0.148. The fourth-order valence-corrected chi connectivity index (χ4v) is 2.77. The first-order valence-corrected chi connectivity index (χ1v) is 8.59. The largest absolute Gasteiger partial charge is 0.498 e. The number of ether oxygens (including phenoxy) is 1. The molecule has 0 atom stereocenters. The highest BCUT2D eigenvalue weighted by atomic mass is 35.5. The Morgan fingerprint density at radius 3 is 2.32 bits per heavy atom. The molecule has 1 saturated heterocycles. The van der Waals surface area contributed by atoms with Crippen LogP contribution in [0.25, 0.3) is 0 Å². The molecule has 1 fully saturated rings. The van der Waals surface area contributed by atoms with E-state index >= 15 is 0 Å². The van der Waals surface area contributed by atoms with Crippen molar-refractivity contribution >= 4 is 24.2 Å². The van der Waals surface area contributed by atoms with E-state index in [0.29, 0.717) is 16.2 Å². The van der Waals surface area contributed by atoms with E-state index in [2.05, 4.69) is 0 Å². The van der Waals surface area contributed by atoms with E-state index in [1.54, 1.807) is 12.1 Å². The summed E-state index contributed by atoms with van der Waals surface area (Å²) in [6, 6.07) is 11.8. The van der Waals surface area contributed by atoms with Crippen LogP contribution in [-0.4, -0.2) is 18.3 Å². The second-order valence-electron chi connectivity index (χ2n) is 7.15. The van der Waals surface area contributed by atoms with Crippen LogP contribution < -0.4 is 10.2 Å². The minimum Gasteiger partial charge on any atom is -0.489 e. The normalized spacial score (nSPS) is 18.4. The third kappa shape index (κ3) is 3.69. The van der Waals surface area contributed by atoms with Crippen molar-refractivity contribution in [1.29, 1.82) is 0 Å². The lowest BCUT2D eigenvalue weighted by molar-refractivity contribution is 0.00578. The Bertz CT molecular complexity index is 763. The third-order valence-electron chi connectivity index (χ3n) is 4.82. The average Bonchev–Trinajstić information content (AvgIpc) is 2.75. The smallest absolute Gasteiger partial charge is 0.489 e. The third-order valence-corrected chi connectivity index (χ3v) is 5.19. The number of benzene rings is 2. The molecule has 0 radical (unpaired) electrons. The van der Waals surface area contributed by atoms with Crippen molar-refractivity contribution in [3.05, 3.63) is 58.9 Å². The summed E-state index contributed by atoms with van der Waals surface area (Å²) >= 11 is 6.17. The van der Waals surface area contributed by atoms with Gasteiger partial charge >= 0.3 is 7.12 Å². The second-order valence-corrected chi connectivity index (χ2v) is 7.56. The van der Waals surface area contributed by atoms with Gasteiger partial charge in [0.05, 0.1) is 11.2 Å². The molecule has 0 N–H and O–H groups in total. The quantitative estimate of drug-likeness (QED) is 0.757. The molecule has 0 aliphatic carbocycles. The van der Waals surface area contributed by atoms with Gasteiger partial charge in [0.1, 0.15) is 18.2 Å². The fourth-order valence-electron chi connectivity index (χ4n) is 2.58. The first-order chi connectivity index (χ1) is 11.7. The van der Waals surface area contributed by atoms with E-state index in [1.165, 1.54) is 12.1 Å². The number of halogens is 2. The van der Waals surface area contributed by atoms with Crippen molar-refractivity contribution < 1.29 is 18.4 Å². The highest BCUT2D eigenvalue weighted by molar-refractivity contribution is 6.63. The first-order valence-electron chi connectivity index (χ1n) is 8.21. The van der Waals surface area contributed by atoms with Crippen LogP contribution in [0.15, 0.2) is 42.5 Å². The molecule has 0 saturated carbocycles. The maximum absolute atomic E-state index is 13.8. The van der Waals surface area contributed by atoms with Crippen molar-refractivity contribution in [2.24, 2.45) is 0 Å². The van der Waals surface area contributed by atoms with Gasteiger partial charge in [-0.05, 0) is 52.0 Å². The predicted molar refractivity (Wildman–Crippen MR) is 97.9 cm³/mol. The molecule has 2 aromatic carbocycles. The molecule has 1 aliphatic heterocycles. The highest BCUT2D eigenvalue weighted by Gasteiger charge is 2.52. The lowest BCUT2D eigenvalue weighted by Gasteiger charge is -2.32. The number of rotatable bonds is 4. The van der Waals surface area contributed by atoms with Gasteiger partial charge in [0.25, 0.3) is 0 Å². The van der Waals surface area contributed by atoms with Crippen LogP contribution in [0.1, 0.15) is 33.3 Å². The Kier molecular flexibility index (Phi) is 4.84. The Morgan fingerprint density at radius 2 is 1.68 bits per heavy atom. The summed E-state index contributed by atoms with van der Waals surface area (Å²) in [7, 11) is -0.693. The number of hydrogen-bond donors (Lipinski definition) is 0. The summed E-state index contributed by atoms with van der Waals surface area (Å²) < 4.78 is 31.8. The maximum Gasteiger partial charge on any atom is 0.498 e. The zero-order chi connectivity index (χ0) is 18.2. The van der Waals surface area contributed by atoms with E-state index in [-0.39, 0.29) is 12.4 Å². The topological polar surface area (TPSA) is 27.7 Å². The minimum atomic E-state index is -0.693. The SMILES string of the molecule is CC1(C)OB(c2cc(F)ccc2OCc2ccccc2Cl)OC1(C)C. The van der Waals surface area contributed by atoms with E-state index in [1.807, 2.05) is 45.9 Å². The van der Waals surface area contributed by atoms with Gasteiger partial charge in [0.2, 0.25) is 0 Å². The lowest BCUT2D eigenvalue weighted by atomic mass is 9.78. The second kappa shape index (κ2) is 6.63. The van der Waals surface area contributed by atoms with Crippen LogP contribution in [-0.2, 0) is 15.9 Å². The Labute approximate surface area is 153 Å². The van der Waals surface area contributed by atoms with Gasteiger partial charge in [-0.2, -0.15) is 0 Å². The van der Waals surface area contributed by atoms with Crippen LogP contribution in [0, 0.1) is 5.82 Å². The van der Waals surface area contributed by atoms with Crippen LogP contribution in [0.4, 0.5) is 4.39 Å². The summed E-state index contributed by atoms with van der Waals surface area (Å²) in [4.78, 5) is 0. The van der Waals surface area contributed by atoms with E-state index in [0.717, 1.165) is 5.56 Å². The summed E-state index contributed by atoms with van der Waals surface area (Å²) in [6.07, 6.45) is 0. The van der Waals surface area contributed by atoms with Gasteiger partial charge in [-0.15, -0.1) is 0 Å². The predicted octanol–water partition coefficient (Wildman–Crippen LogP) is 4.36. The van der Waals surface area contributed by atoms with Crippen LogP contribution >= 0.6 is 11.6 Å². The van der Waals surface area contributed by atoms with Crippen molar-refractivity contribution in [2.75, 3.05) is 0 Å². The molecular formula is C19H21BClFO3. The molecule has 25 heavy (non-hydrogen) atoms. The summed E-state index contributed by atoms with van der Waals surface area (Å²) in [5.41, 5.74) is 0.368. The molecule has 0 bridgehead atoms. The Morgan fingerprint density at radius 1 is 1.04 bits per heavy atom. The molecule has 2 aromatic rings. The molecule has 1 heterocycles. The van der Waals surface area contributed by atoms with E-state index in [4.69, 9.17) is 25.6 Å². The van der Waals surface area contributed by atoms with Gasteiger partial charge in [-0.25, -0.2) is 4.39 Å². The van der Waals surface area contributed by atoms with Gasteiger partial charge in [-0.1, -0.05) is 29.8 Å². The van der Waals surface area contributed by atoms with Crippen LogP contribution in [0.3, 0.4) is 0 Å². The van der Waals surface area contributed by atoms with Crippen molar-refractivity contribution in [3.63, 3.8) is 0 Å². The van der Waals surface area contributed by atoms with Crippen molar-refractivity contribution in [3.8, 4) is 5.75 Å². The van der Waals surface area contributed by atoms with Crippen molar-refractivity contribution in [1.82, 2.24) is 0 Å². The van der Waals surface area contributed by atoms with Gasteiger partial charge in [0, 0.05) is 16.0 Å². The van der Waals surface area contributed by atoms with Gasteiger partial charge < -0.3 is 14.0 Å². The fraction of sp³-hybridized carbons (Fsp3) is 0.368. The zero-order valence-electron chi connectivity index (χ0n) is 14.8.